The Balaban J connectivity index is 1.72. The summed E-state index contributed by atoms with van der Waals surface area (Å²) in [7, 11) is 0. The van der Waals surface area contributed by atoms with E-state index < -0.39 is 0 Å². The fraction of sp³-hybridized carbons (Fsp3) is 0.500. The summed E-state index contributed by atoms with van der Waals surface area (Å²) >= 11 is 0. The van der Waals surface area contributed by atoms with Gasteiger partial charge in [-0.15, -0.1) is 0 Å². The Morgan fingerprint density at radius 2 is 1.92 bits per heavy atom. The molecule has 2 saturated heterocycles. The van der Waals surface area contributed by atoms with Crippen LogP contribution in [0.3, 0.4) is 0 Å². The van der Waals surface area contributed by atoms with Crippen molar-refractivity contribution in [2.75, 3.05) is 13.1 Å². The summed E-state index contributed by atoms with van der Waals surface area (Å²) in [5, 5.41) is 7.92. The molecular formula is C20H25FN4O. The van der Waals surface area contributed by atoms with Gasteiger partial charge < -0.3 is 10.2 Å². The number of carbonyl (C=O) groups is 1. The summed E-state index contributed by atoms with van der Waals surface area (Å²) in [5.74, 6) is -0.0699. The topological polar surface area (TPSA) is 50.2 Å². The molecule has 2 atom stereocenters. The number of amides is 1. The van der Waals surface area contributed by atoms with Gasteiger partial charge >= 0.3 is 0 Å². The number of nitrogens with zero attached hydrogens (tertiary/aromatic N) is 3. The first-order valence-electron chi connectivity index (χ1n) is 9.43. The molecule has 0 saturated carbocycles. The van der Waals surface area contributed by atoms with Crippen LogP contribution >= 0.6 is 0 Å². The van der Waals surface area contributed by atoms with E-state index in [4.69, 9.17) is 0 Å². The van der Waals surface area contributed by atoms with E-state index in [1.165, 1.54) is 12.1 Å². The molecule has 138 valence electrons. The Labute approximate surface area is 153 Å². The van der Waals surface area contributed by atoms with Crippen LogP contribution in [0.25, 0.3) is 5.69 Å². The van der Waals surface area contributed by atoms with E-state index in [9.17, 15) is 9.18 Å². The number of rotatable bonds is 3. The number of fused-ring (bicyclic) bond motifs is 2. The van der Waals surface area contributed by atoms with Crippen LogP contribution in [-0.2, 0) is 0 Å². The van der Waals surface area contributed by atoms with Gasteiger partial charge in [0.25, 0.3) is 5.91 Å². The molecule has 5 nitrogen and oxygen atoms in total. The van der Waals surface area contributed by atoms with E-state index in [0.717, 1.165) is 43.7 Å². The van der Waals surface area contributed by atoms with Crippen LogP contribution in [-0.4, -0.2) is 45.8 Å². The molecule has 1 aromatic heterocycles. The molecule has 6 heteroatoms. The van der Waals surface area contributed by atoms with Crippen LogP contribution in [0.1, 0.15) is 55.1 Å². The number of hydrogen-bond donors (Lipinski definition) is 1. The molecule has 26 heavy (non-hydrogen) atoms. The fourth-order valence-electron chi connectivity index (χ4n) is 4.32. The number of hydrogen-bond acceptors (Lipinski definition) is 3. The highest BCUT2D eigenvalue weighted by Gasteiger charge is 2.39. The third kappa shape index (κ3) is 2.92. The minimum absolute atomic E-state index is 0.0817. The van der Waals surface area contributed by atoms with E-state index in [2.05, 4.69) is 29.2 Å². The first kappa shape index (κ1) is 17.2. The van der Waals surface area contributed by atoms with E-state index >= 15 is 0 Å². The smallest absolute Gasteiger partial charge is 0.257 e. The lowest BCUT2D eigenvalue weighted by Crippen LogP contribution is -2.42. The second-order valence-electron chi connectivity index (χ2n) is 7.58. The lowest BCUT2D eigenvalue weighted by atomic mass is 10.0. The van der Waals surface area contributed by atoms with Gasteiger partial charge in [0, 0.05) is 18.6 Å². The molecule has 0 aliphatic carbocycles. The quantitative estimate of drug-likeness (QED) is 0.919. The van der Waals surface area contributed by atoms with Gasteiger partial charge in [0.15, 0.2) is 0 Å². The van der Waals surface area contributed by atoms with Gasteiger partial charge in [0.1, 0.15) is 5.82 Å². The summed E-state index contributed by atoms with van der Waals surface area (Å²) in [5.41, 5.74) is 2.33. The second-order valence-corrected chi connectivity index (χ2v) is 7.58. The average molecular weight is 356 g/mol. The highest BCUT2D eigenvalue weighted by atomic mass is 19.1. The van der Waals surface area contributed by atoms with Gasteiger partial charge in [-0.3, -0.25) is 4.79 Å². The summed E-state index contributed by atoms with van der Waals surface area (Å²) in [6.45, 7) is 5.96. The molecule has 2 unspecified atom stereocenters. The summed E-state index contributed by atoms with van der Waals surface area (Å²) in [6.07, 6.45) is 4.83. The predicted molar refractivity (Wildman–Crippen MR) is 98.1 cm³/mol. The molecule has 2 aromatic rings. The number of halogens is 1. The Kier molecular flexibility index (Phi) is 4.53. The van der Waals surface area contributed by atoms with Gasteiger partial charge in [0.05, 0.1) is 23.1 Å². The minimum Gasteiger partial charge on any atom is -0.331 e. The molecule has 2 aliphatic heterocycles. The average Bonchev–Trinajstić information content (AvgIpc) is 3.15. The first-order chi connectivity index (χ1) is 12.6. The van der Waals surface area contributed by atoms with Gasteiger partial charge in [-0.1, -0.05) is 13.8 Å². The summed E-state index contributed by atoms with van der Waals surface area (Å²) in [6, 6.07) is 6.82. The van der Waals surface area contributed by atoms with Gasteiger partial charge in [0.2, 0.25) is 0 Å². The van der Waals surface area contributed by atoms with Crippen LogP contribution in [0.4, 0.5) is 4.39 Å². The molecule has 4 rings (SSSR count). The number of carbonyl (C=O) groups excluding carboxylic acids is 1. The standard InChI is InChI=1S/C20H25FN4O/c1-13(2)19-18(12-23-25(19)16-5-3-14(21)4-6-16)20(26)24-15-7-8-17(24)11-22-10-9-15/h3-6,12-13,15,17,22H,7-11H2,1-2H3. The minimum atomic E-state index is -0.281. The van der Waals surface area contributed by atoms with Gasteiger partial charge in [-0.2, -0.15) is 5.10 Å². The van der Waals surface area contributed by atoms with E-state index in [0.29, 0.717) is 11.6 Å². The maximum absolute atomic E-state index is 13.4. The van der Waals surface area contributed by atoms with Crippen LogP contribution in [0.2, 0.25) is 0 Å². The van der Waals surface area contributed by atoms with Gasteiger partial charge in [-0.05, 0) is 56.0 Å². The largest absolute Gasteiger partial charge is 0.331 e. The van der Waals surface area contributed by atoms with Crippen molar-refractivity contribution in [3.8, 4) is 5.69 Å². The van der Waals surface area contributed by atoms with Crippen LogP contribution in [0, 0.1) is 5.82 Å². The predicted octanol–water partition coefficient (Wildman–Crippen LogP) is 3.10. The fourth-order valence-corrected chi connectivity index (χ4v) is 4.32. The third-order valence-corrected chi connectivity index (χ3v) is 5.54. The van der Waals surface area contributed by atoms with Crippen molar-refractivity contribution < 1.29 is 9.18 Å². The lowest BCUT2D eigenvalue weighted by molar-refractivity contribution is 0.0678. The van der Waals surface area contributed by atoms with Crippen LogP contribution in [0.15, 0.2) is 30.5 Å². The Morgan fingerprint density at radius 3 is 2.65 bits per heavy atom. The molecular weight excluding hydrogens is 331 g/mol. The molecule has 3 heterocycles. The normalized spacial score (nSPS) is 22.7. The molecule has 1 aromatic carbocycles. The highest BCUT2D eigenvalue weighted by molar-refractivity contribution is 5.96. The molecule has 1 amide bonds. The zero-order valence-electron chi connectivity index (χ0n) is 15.3. The van der Waals surface area contributed by atoms with Crippen molar-refractivity contribution in [2.24, 2.45) is 0 Å². The van der Waals surface area contributed by atoms with Crippen LogP contribution < -0.4 is 5.32 Å². The molecule has 2 bridgehead atoms. The lowest BCUT2D eigenvalue weighted by Gasteiger charge is -2.28. The summed E-state index contributed by atoms with van der Waals surface area (Å²) < 4.78 is 15.0. The SMILES string of the molecule is CC(C)c1c(C(=O)N2C3CCNCC2CC3)cnn1-c1ccc(F)cc1. The summed E-state index contributed by atoms with van der Waals surface area (Å²) in [4.78, 5) is 15.5. The number of benzene rings is 1. The van der Waals surface area contributed by atoms with Crippen molar-refractivity contribution in [1.82, 2.24) is 20.0 Å². The van der Waals surface area contributed by atoms with Crippen molar-refractivity contribution >= 4 is 5.91 Å². The van der Waals surface area contributed by atoms with Gasteiger partial charge in [-0.25, -0.2) is 9.07 Å². The van der Waals surface area contributed by atoms with E-state index in [1.807, 2.05) is 0 Å². The van der Waals surface area contributed by atoms with Crippen molar-refractivity contribution in [1.29, 1.82) is 0 Å². The second kappa shape index (κ2) is 6.83. The molecule has 2 aliphatic rings. The van der Waals surface area contributed by atoms with Crippen LogP contribution in [0.5, 0.6) is 0 Å². The van der Waals surface area contributed by atoms with Crippen molar-refractivity contribution in [2.45, 2.75) is 51.1 Å². The number of nitrogens with one attached hydrogen (secondary N) is 1. The monoisotopic (exact) mass is 356 g/mol. The maximum Gasteiger partial charge on any atom is 0.257 e. The Bertz CT molecular complexity index is 785. The Morgan fingerprint density at radius 1 is 1.19 bits per heavy atom. The van der Waals surface area contributed by atoms with Crippen molar-refractivity contribution in [3.05, 3.63) is 47.5 Å². The molecule has 1 N–H and O–H groups in total. The zero-order chi connectivity index (χ0) is 18.3. The van der Waals surface area contributed by atoms with Crippen molar-refractivity contribution in [3.63, 3.8) is 0 Å². The zero-order valence-corrected chi connectivity index (χ0v) is 15.3. The van der Waals surface area contributed by atoms with E-state index in [1.54, 1.807) is 23.0 Å². The Hall–Kier alpha value is -2.21. The van der Waals surface area contributed by atoms with E-state index in [-0.39, 0.29) is 23.7 Å². The molecule has 2 fully saturated rings. The number of aromatic nitrogens is 2. The molecule has 0 radical (unpaired) electrons. The molecule has 0 spiro atoms. The first-order valence-corrected chi connectivity index (χ1v) is 9.43. The highest BCUT2D eigenvalue weighted by Crippen LogP contribution is 2.32. The third-order valence-electron chi connectivity index (χ3n) is 5.54. The maximum atomic E-state index is 13.4.